The van der Waals surface area contributed by atoms with Crippen LogP contribution in [0, 0.1) is 0 Å². The van der Waals surface area contributed by atoms with Gasteiger partial charge in [0, 0.05) is 11.1 Å². The minimum Gasteiger partial charge on any atom is -0.397 e. The molecule has 0 bridgehead atoms. The summed E-state index contributed by atoms with van der Waals surface area (Å²) in [6.45, 7) is 4.49. The quantitative estimate of drug-likeness (QED) is 0.485. The number of hydrogen-bond acceptors (Lipinski definition) is 4. The summed E-state index contributed by atoms with van der Waals surface area (Å²) in [5.74, 6) is -0.695. The Kier molecular flexibility index (Phi) is 6.71. The molecule has 0 spiro atoms. The van der Waals surface area contributed by atoms with Crippen LogP contribution in [0.25, 0.3) is 0 Å². The minimum atomic E-state index is -4.72. The number of halogens is 5. The molecule has 1 rings (SSSR count). The van der Waals surface area contributed by atoms with E-state index >= 15 is 0 Å². The zero-order valence-electron chi connectivity index (χ0n) is 12.2. The van der Waals surface area contributed by atoms with Crippen LogP contribution in [0.2, 0.25) is 5.02 Å². The zero-order chi connectivity index (χ0) is 16.6. The van der Waals surface area contributed by atoms with Crippen molar-refractivity contribution >= 4 is 35.5 Å². The topological polar surface area (TPSA) is 66.6 Å². The lowest BCUT2D eigenvalue weighted by Crippen LogP contribution is -2.41. The molecule has 0 heterocycles. The lowest BCUT2D eigenvalue weighted by Gasteiger charge is -2.28. The lowest BCUT2D eigenvalue weighted by atomic mass is 10.0. The zero-order valence-corrected chi connectivity index (χ0v) is 13.7. The number of carbonyl (C=O) groups is 1. The number of carbonyl (C=O) groups excluding carboxylic acids is 1. The van der Waals surface area contributed by atoms with E-state index in [9.17, 15) is 23.2 Å². The smallest absolute Gasteiger partial charge is 0.397 e. The van der Waals surface area contributed by atoms with Crippen LogP contribution in [0.4, 0.5) is 18.9 Å². The van der Waals surface area contributed by atoms with Crippen molar-refractivity contribution < 1.29 is 23.2 Å². The number of hydrogen-bond donors (Lipinski definition) is 2. The van der Waals surface area contributed by atoms with Crippen LogP contribution in [0.15, 0.2) is 12.1 Å². The third-order valence-corrected chi connectivity index (χ3v) is 3.14. The number of nitrogen functional groups attached to an aromatic ring is 1. The molecule has 126 valence electrons. The highest BCUT2D eigenvalue weighted by atomic mass is 35.5. The summed E-state index contributed by atoms with van der Waals surface area (Å²) < 4.78 is 38.4. The normalized spacial score (nSPS) is 12.2. The number of rotatable bonds is 3. The number of alkyl halides is 3. The van der Waals surface area contributed by atoms with Gasteiger partial charge in [-0.15, -0.1) is 12.4 Å². The van der Waals surface area contributed by atoms with E-state index in [2.05, 4.69) is 0 Å². The van der Waals surface area contributed by atoms with Crippen molar-refractivity contribution in [2.24, 2.45) is 0 Å². The Morgan fingerprint density at radius 2 is 1.82 bits per heavy atom. The summed E-state index contributed by atoms with van der Waals surface area (Å²) in [5.41, 5.74) is 2.51. The van der Waals surface area contributed by atoms with Gasteiger partial charge in [-0.3, -0.25) is 4.79 Å². The fraction of sp³-hybridized carbons (Fsp3) is 0.462. The molecule has 0 aliphatic carbocycles. The van der Waals surface area contributed by atoms with Gasteiger partial charge in [-0.1, -0.05) is 11.6 Å². The molecule has 3 N–H and O–H groups in total. The first kappa shape index (κ1) is 21.0. The lowest BCUT2D eigenvalue weighted by molar-refractivity contribution is -0.146. The van der Waals surface area contributed by atoms with E-state index in [0.717, 1.165) is 11.1 Å². The maximum absolute atomic E-state index is 12.8. The molecule has 0 unspecified atom stereocenters. The van der Waals surface area contributed by atoms with Gasteiger partial charge < -0.3 is 10.9 Å². The van der Waals surface area contributed by atoms with E-state index in [-0.39, 0.29) is 23.0 Å². The van der Waals surface area contributed by atoms with Gasteiger partial charge in [-0.25, -0.2) is 0 Å². The standard InChI is InChI=1S/C13H16ClF3N2O2.ClH/c1-12(2,3)19(21)6-10(20)7-4-8(13(15,16)17)11(18)9(14)5-7;/h4-5,21H,6,18H2,1-3H3;1H. The van der Waals surface area contributed by atoms with Crippen molar-refractivity contribution in [1.82, 2.24) is 5.06 Å². The average molecular weight is 361 g/mol. The van der Waals surface area contributed by atoms with Crippen LogP contribution in [0.5, 0.6) is 0 Å². The largest absolute Gasteiger partial charge is 0.418 e. The minimum absolute atomic E-state index is 0. The van der Waals surface area contributed by atoms with E-state index in [0.29, 0.717) is 6.07 Å². The first-order valence-corrected chi connectivity index (χ1v) is 6.37. The Bertz CT molecular complexity index is 557. The molecule has 0 radical (unpaired) electrons. The predicted octanol–water partition coefficient (Wildman–Crippen LogP) is 4.04. The molecule has 0 fully saturated rings. The van der Waals surface area contributed by atoms with Gasteiger partial charge in [-0.05, 0) is 32.9 Å². The number of benzene rings is 1. The van der Waals surface area contributed by atoms with Crippen molar-refractivity contribution in [3.8, 4) is 0 Å². The molecule has 1 aromatic carbocycles. The Labute approximate surface area is 137 Å². The second-order valence-corrected chi connectivity index (χ2v) is 5.98. The monoisotopic (exact) mass is 360 g/mol. The number of ketones is 1. The number of hydroxylamine groups is 2. The number of Topliss-reactive ketones (excluding diaryl/α,β-unsaturated/α-hetero) is 1. The number of nitrogens with two attached hydrogens (primary N) is 1. The molecule has 0 aromatic heterocycles. The van der Waals surface area contributed by atoms with E-state index in [4.69, 9.17) is 17.3 Å². The summed E-state index contributed by atoms with van der Waals surface area (Å²) in [6, 6.07) is 1.70. The van der Waals surface area contributed by atoms with Gasteiger partial charge in [0.05, 0.1) is 22.8 Å². The summed E-state index contributed by atoms with van der Waals surface area (Å²) in [4.78, 5) is 12.0. The molecular formula is C13H17Cl2F3N2O2. The third kappa shape index (κ3) is 5.01. The van der Waals surface area contributed by atoms with Crippen LogP contribution < -0.4 is 5.73 Å². The molecule has 0 aliphatic rings. The van der Waals surface area contributed by atoms with Crippen LogP contribution >= 0.6 is 24.0 Å². The number of anilines is 1. The van der Waals surface area contributed by atoms with Crippen LogP contribution in [-0.4, -0.2) is 28.1 Å². The molecule has 0 saturated heterocycles. The van der Waals surface area contributed by atoms with Crippen molar-refractivity contribution in [2.45, 2.75) is 32.5 Å². The summed E-state index contributed by atoms with van der Waals surface area (Å²) in [6.07, 6.45) is -4.72. The van der Waals surface area contributed by atoms with Crippen molar-refractivity contribution in [3.05, 3.63) is 28.3 Å². The Morgan fingerprint density at radius 1 is 1.32 bits per heavy atom. The summed E-state index contributed by atoms with van der Waals surface area (Å²) >= 11 is 5.64. The van der Waals surface area contributed by atoms with Gasteiger partial charge in [0.1, 0.15) is 0 Å². The molecule has 0 amide bonds. The van der Waals surface area contributed by atoms with Crippen LogP contribution in [-0.2, 0) is 6.18 Å². The first-order valence-electron chi connectivity index (χ1n) is 6.00. The highest BCUT2D eigenvalue weighted by molar-refractivity contribution is 6.33. The van der Waals surface area contributed by atoms with Gasteiger partial charge in [0.15, 0.2) is 5.78 Å². The van der Waals surface area contributed by atoms with Gasteiger partial charge in [0.25, 0.3) is 0 Å². The maximum Gasteiger partial charge on any atom is 0.418 e. The fourth-order valence-electron chi connectivity index (χ4n) is 1.48. The van der Waals surface area contributed by atoms with Crippen molar-refractivity contribution in [2.75, 3.05) is 12.3 Å². The second-order valence-electron chi connectivity index (χ2n) is 5.57. The van der Waals surface area contributed by atoms with Crippen LogP contribution in [0.3, 0.4) is 0 Å². The molecule has 4 nitrogen and oxygen atoms in total. The Balaban J connectivity index is 0.00000441. The van der Waals surface area contributed by atoms with Crippen molar-refractivity contribution in [1.29, 1.82) is 0 Å². The molecule has 0 saturated carbocycles. The molecule has 22 heavy (non-hydrogen) atoms. The first-order chi connectivity index (χ1) is 9.34. The number of nitrogens with zero attached hydrogens (tertiary/aromatic N) is 1. The Hall–Kier alpha value is -1.02. The fourth-order valence-corrected chi connectivity index (χ4v) is 1.70. The van der Waals surface area contributed by atoms with E-state index in [1.807, 2.05) is 0 Å². The highest BCUT2D eigenvalue weighted by Crippen LogP contribution is 2.37. The molecule has 0 atom stereocenters. The van der Waals surface area contributed by atoms with Crippen LogP contribution in [0.1, 0.15) is 36.7 Å². The van der Waals surface area contributed by atoms with E-state index in [1.165, 1.54) is 0 Å². The predicted molar refractivity (Wildman–Crippen MR) is 80.7 cm³/mol. The van der Waals surface area contributed by atoms with Gasteiger partial charge in [-0.2, -0.15) is 18.2 Å². The van der Waals surface area contributed by atoms with Gasteiger partial charge in [0.2, 0.25) is 0 Å². The second kappa shape index (κ2) is 7.04. The van der Waals surface area contributed by atoms with Crippen molar-refractivity contribution in [3.63, 3.8) is 0 Å². The Morgan fingerprint density at radius 3 is 2.23 bits per heavy atom. The SMILES string of the molecule is CC(C)(C)N(O)CC(=O)c1cc(Cl)c(N)c(C(F)(F)F)c1.Cl. The van der Waals surface area contributed by atoms with Gasteiger partial charge >= 0.3 is 6.18 Å². The maximum atomic E-state index is 12.8. The molecule has 0 aliphatic heterocycles. The third-order valence-electron chi connectivity index (χ3n) is 2.82. The molecule has 9 heteroatoms. The highest BCUT2D eigenvalue weighted by Gasteiger charge is 2.35. The summed E-state index contributed by atoms with van der Waals surface area (Å²) in [5, 5.41) is 10.1. The average Bonchev–Trinajstić information content (AvgIpc) is 2.29. The van der Waals surface area contributed by atoms with E-state index in [1.54, 1.807) is 20.8 Å². The molecule has 1 aromatic rings. The summed E-state index contributed by atoms with van der Waals surface area (Å²) in [7, 11) is 0. The van der Waals surface area contributed by atoms with E-state index < -0.39 is 35.3 Å². The molecular weight excluding hydrogens is 344 g/mol.